The van der Waals surface area contributed by atoms with Gasteiger partial charge in [0, 0.05) is 4.21 Å². The molecule has 0 saturated carbocycles. The summed E-state index contributed by atoms with van der Waals surface area (Å²) < 4.78 is 8.85. The lowest BCUT2D eigenvalue weighted by Gasteiger charge is -1.70. The van der Waals surface area contributed by atoms with Gasteiger partial charge in [-0.3, -0.25) is 0 Å². The molecule has 0 fully saturated rings. The van der Waals surface area contributed by atoms with Crippen LogP contribution in [0.2, 0.25) is 0 Å². The molecule has 7 heavy (non-hydrogen) atoms. The SMILES string of the molecule is C[S+]=O.OCCO. The van der Waals surface area contributed by atoms with Crippen molar-refractivity contribution in [3.8, 4) is 0 Å². The van der Waals surface area contributed by atoms with E-state index in [0.29, 0.717) is 11.7 Å². The first kappa shape index (κ1) is 10.0. The van der Waals surface area contributed by atoms with Crippen molar-refractivity contribution in [1.29, 1.82) is 0 Å². The largest absolute Gasteiger partial charge is 0.455 e. The van der Waals surface area contributed by atoms with Gasteiger partial charge in [0.2, 0.25) is 6.26 Å². The first-order chi connectivity index (χ1) is 3.33. The molecule has 44 valence electrons. The summed E-state index contributed by atoms with van der Waals surface area (Å²) in [6.45, 7) is -0.250. The van der Waals surface area contributed by atoms with Crippen molar-refractivity contribution in [2.45, 2.75) is 0 Å². The van der Waals surface area contributed by atoms with Crippen molar-refractivity contribution >= 4 is 11.7 Å². The molecule has 0 aromatic rings. The molecule has 0 spiro atoms. The highest BCUT2D eigenvalue weighted by molar-refractivity contribution is 7.64. The van der Waals surface area contributed by atoms with Gasteiger partial charge in [-0.25, -0.2) is 0 Å². The molecule has 0 aromatic carbocycles. The van der Waals surface area contributed by atoms with Gasteiger partial charge in [0.25, 0.3) is 0 Å². The summed E-state index contributed by atoms with van der Waals surface area (Å²) in [5, 5.41) is 15.2. The van der Waals surface area contributed by atoms with E-state index >= 15 is 0 Å². The van der Waals surface area contributed by atoms with E-state index in [1.54, 1.807) is 0 Å². The van der Waals surface area contributed by atoms with Gasteiger partial charge < -0.3 is 10.2 Å². The normalized spacial score (nSPS) is 6.14. The first-order valence-corrected chi connectivity index (χ1v) is 2.86. The first-order valence-electron chi connectivity index (χ1n) is 1.71. The van der Waals surface area contributed by atoms with Gasteiger partial charge >= 0.3 is 11.7 Å². The Balaban J connectivity index is 0. The van der Waals surface area contributed by atoms with E-state index in [4.69, 9.17) is 14.4 Å². The second-order valence-electron chi connectivity index (χ2n) is 0.614. The van der Waals surface area contributed by atoms with Crippen LogP contribution >= 0.6 is 0 Å². The number of hydrogen-bond donors (Lipinski definition) is 2. The van der Waals surface area contributed by atoms with E-state index in [1.165, 1.54) is 6.26 Å². The number of hydrogen-bond acceptors (Lipinski definition) is 3. The Morgan fingerprint density at radius 3 is 1.57 bits per heavy atom. The van der Waals surface area contributed by atoms with Gasteiger partial charge in [-0.15, -0.1) is 0 Å². The minimum Gasteiger partial charge on any atom is -0.394 e. The lowest BCUT2D eigenvalue weighted by Crippen LogP contribution is -1.85. The standard InChI is InChI=1S/C2H6O2.CH3OS/c3-1-2-4;1-3-2/h3-4H,1-2H2;1H3/q;+1. The molecule has 0 atom stereocenters. The number of aliphatic hydroxyl groups excluding tert-OH is 2. The van der Waals surface area contributed by atoms with Crippen LogP contribution in [0.15, 0.2) is 0 Å². The second-order valence-corrected chi connectivity index (χ2v) is 0.947. The Labute approximate surface area is 46.5 Å². The topological polar surface area (TPSA) is 57.5 Å². The molecule has 0 bridgehead atoms. The summed E-state index contributed by atoms with van der Waals surface area (Å²) in [5.74, 6) is 0. The van der Waals surface area contributed by atoms with Crippen LogP contribution in [-0.4, -0.2) is 29.7 Å². The lowest BCUT2D eigenvalue weighted by molar-refractivity contribution is 0.186. The quantitative estimate of drug-likeness (QED) is 0.443. The van der Waals surface area contributed by atoms with Crippen LogP contribution in [0.4, 0.5) is 0 Å². The summed E-state index contributed by atoms with van der Waals surface area (Å²) in [4.78, 5) is 0. The molecule has 2 N–H and O–H groups in total. The molecule has 0 aliphatic heterocycles. The average molecular weight is 125 g/mol. The Kier molecular flexibility index (Phi) is 24.0. The van der Waals surface area contributed by atoms with Crippen LogP contribution in [0.3, 0.4) is 0 Å². The van der Waals surface area contributed by atoms with Crippen LogP contribution in [0, 0.1) is 0 Å². The molecular formula is C3H9O3S+. The summed E-state index contributed by atoms with van der Waals surface area (Å²) in [5.41, 5.74) is 0. The maximum absolute atomic E-state index is 8.85. The van der Waals surface area contributed by atoms with Crippen LogP contribution < -0.4 is 0 Å². The van der Waals surface area contributed by atoms with Crippen LogP contribution in [0.5, 0.6) is 0 Å². The van der Waals surface area contributed by atoms with Gasteiger partial charge in [0.1, 0.15) is 0 Å². The van der Waals surface area contributed by atoms with E-state index in [9.17, 15) is 0 Å². The second kappa shape index (κ2) is 16.8. The van der Waals surface area contributed by atoms with Crippen LogP contribution in [0.1, 0.15) is 0 Å². The zero-order valence-corrected chi connectivity index (χ0v) is 4.94. The van der Waals surface area contributed by atoms with Gasteiger partial charge in [-0.2, -0.15) is 0 Å². The molecule has 0 rings (SSSR count). The minimum absolute atomic E-state index is 0.125. The Morgan fingerprint density at radius 1 is 1.43 bits per heavy atom. The summed E-state index contributed by atoms with van der Waals surface area (Å²) >= 11 is 0.500. The highest BCUT2D eigenvalue weighted by Crippen LogP contribution is 1.39. The molecule has 0 unspecified atom stereocenters. The third kappa shape index (κ3) is 104. The zero-order valence-electron chi connectivity index (χ0n) is 4.13. The molecule has 3 nitrogen and oxygen atoms in total. The maximum atomic E-state index is 8.85. The summed E-state index contributed by atoms with van der Waals surface area (Å²) in [6, 6.07) is 0. The van der Waals surface area contributed by atoms with Crippen molar-refractivity contribution < 1.29 is 14.4 Å². The van der Waals surface area contributed by atoms with E-state index in [2.05, 4.69) is 0 Å². The van der Waals surface area contributed by atoms with Crippen LogP contribution in [0.25, 0.3) is 0 Å². The van der Waals surface area contributed by atoms with Gasteiger partial charge in [0.15, 0.2) is 0 Å². The average Bonchev–Trinajstić information content (AvgIpc) is 1.69. The van der Waals surface area contributed by atoms with Crippen molar-refractivity contribution in [2.24, 2.45) is 0 Å². The van der Waals surface area contributed by atoms with E-state index < -0.39 is 0 Å². The molecule has 0 aliphatic carbocycles. The molecule has 0 heterocycles. The smallest absolute Gasteiger partial charge is 0.394 e. The monoisotopic (exact) mass is 125 g/mol. The van der Waals surface area contributed by atoms with Gasteiger partial charge in [0.05, 0.1) is 13.2 Å². The third-order valence-corrected chi connectivity index (χ3v) is 0.1000. The zero-order chi connectivity index (χ0) is 6.12. The fourth-order valence-corrected chi connectivity index (χ4v) is 0. The molecule has 0 aromatic heterocycles. The Bertz CT molecular complexity index is 29.4. The van der Waals surface area contributed by atoms with Crippen molar-refractivity contribution in [1.82, 2.24) is 0 Å². The van der Waals surface area contributed by atoms with Gasteiger partial charge in [-0.1, -0.05) is 0 Å². The predicted molar refractivity (Wildman–Crippen MR) is 28.1 cm³/mol. The van der Waals surface area contributed by atoms with Crippen molar-refractivity contribution in [3.05, 3.63) is 0 Å². The number of aliphatic hydroxyl groups is 2. The van der Waals surface area contributed by atoms with Gasteiger partial charge in [-0.05, 0) is 0 Å². The molecular weight excluding hydrogens is 116 g/mol. The molecule has 0 radical (unpaired) electrons. The number of rotatable bonds is 1. The fourth-order valence-electron chi connectivity index (χ4n) is 0. The minimum atomic E-state index is -0.125. The van der Waals surface area contributed by atoms with Crippen molar-refractivity contribution in [2.75, 3.05) is 19.5 Å². The molecule has 0 amide bonds. The maximum Gasteiger partial charge on any atom is 0.455 e. The predicted octanol–water partition coefficient (Wildman–Crippen LogP) is -0.985. The highest BCUT2D eigenvalue weighted by atomic mass is 32.1. The highest BCUT2D eigenvalue weighted by Gasteiger charge is 1.58. The Hall–Kier alpha value is -0.0600. The van der Waals surface area contributed by atoms with E-state index in [0.717, 1.165) is 0 Å². The summed E-state index contributed by atoms with van der Waals surface area (Å²) in [7, 11) is 0. The van der Waals surface area contributed by atoms with Crippen molar-refractivity contribution in [3.63, 3.8) is 0 Å². The molecule has 0 aliphatic rings. The fraction of sp³-hybridized carbons (Fsp3) is 1.00. The van der Waals surface area contributed by atoms with E-state index in [-0.39, 0.29) is 13.2 Å². The van der Waals surface area contributed by atoms with E-state index in [1.807, 2.05) is 0 Å². The van der Waals surface area contributed by atoms with Crippen LogP contribution in [-0.2, 0) is 15.9 Å². The lowest BCUT2D eigenvalue weighted by atomic mass is 10.8. The third-order valence-electron chi connectivity index (χ3n) is 0.1000. The summed E-state index contributed by atoms with van der Waals surface area (Å²) in [6.07, 6.45) is 1.49. The Morgan fingerprint density at radius 2 is 1.57 bits per heavy atom. The molecule has 0 saturated heterocycles. The molecule has 4 heteroatoms.